The van der Waals surface area contributed by atoms with E-state index >= 15 is 0 Å². The second-order valence-electron chi connectivity index (χ2n) is 4.22. The van der Waals surface area contributed by atoms with Gasteiger partial charge in [-0.1, -0.05) is 38.1 Å². The summed E-state index contributed by atoms with van der Waals surface area (Å²) in [5.41, 5.74) is 2.37. The SMILES string of the molecule is CC(C)c1ccccc1CCCS(=O)(=O)[O-].[Na+]. The normalized spacial score (nSPS) is 11.3. The molecule has 0 bridgehead atoms. The van der Waals surface area contributed by atoms with Crippen LogP contribution in [-0.4, -0.2) is 18.7 Å². The predicted octanol–water partition coefficient (Wildman–Crippen LogP) is -0.708. The number of rotatable bonds is 5. The third-order valence-electron chi connectivity index (χ3n) is 2.52. The molecule has 0 aliphatic rings. The maximum Gasteiger partial charge on any atom is 1.00 e. The van der Waals surface area contributed by atoms with E-state index in [2.05, 4.69) is 13.8 Å². The Hall–Kier alpha value is 0.130. The largest absolute Gasteiger partial charge is 1.00 e. The van der Waals surface area contributed by atoms with E-state index in [0.29, 0.717) is 18.8 Å². The monoisotopic (exact) mass is 264 g/mol. The molecule has 0 saturated carbocycles. The minimum Gasteiger partial charge on any atom is -0.748 e. The molecule has 90 valence electrons. The number of hydrogen-bond donors (Lipinski definition) is 0. The van der Waals surface area contributed by atoms with E-state index in [1.807, 2.05) is 24.3 Å². The van der Waals surface area contributed by atoms with E-state index < -0.39 is 10.1 Å². The summed E-state index contributed by atoms with van der Waals surface area (Å²) in [5.74, 6) is 0.138. The fourth-order valence-electron chi connectivity index (χ4n) is 1.76. The Kier molecular flexibility index (Phi) is 7.60. The molecule has 0 unspecified atom stereocenters. The molecule has 0 N–H and O–H groups in total. The molecule has 3 nitrogen and oxygen atoms in total. The molecule has 17 heavy (non-hydrogen) atoms. The molecule has 0 spiro atoms. The van der Waals surface area contributed by atoms with E-state index in [0.717, 1.165) is 5.56 Å². The number of benzene rings is 1. The van der Waals surface area contributed by atoms with E-state index in [9.17, 15) is 13.0 Å². The van der Waals surface area contributed by atoms with Crippen molar-refractivity contribution in [3.63, 3.8) is 0 Å². The summed E-state index contributed by atoms with van der Waals surface area (Å²) in [4.78, 5) is 0. The third-order valence-corrected chi connectivity index (χ3v) is 3.31. The summed E-state index contributed by atoms with van der Waals surface area (Å²) in [7, 11) is -4.08. The molecule has 0 aromatic heterocycles. The molecule has 0 heterocycles. The van der Waals surface area contributed by atoms with Crippen LogP contribution >= 0.6 is 0 Å². The van der Waals surface area contributed by atoms with Crippen molar-refractivity contribution in [3.8, 4) is 0 Å². The van der Waals surface area contributed by atoms with E-state index in [-0.39, 0.29) is 35.3 Å². The molecule has 0 atom stereocenters. The van der Waals surface area contributed by atoms with Crippen molar-refractivity contribution >= 4 is 10.1 Å². The summed E-state index contributed by atoms with van der Waals surface area (Å²) in [6.07, 6.45) is 1.05. The van der Waals surface area contributed by atoms with Gasteiger partial charge in [0.1, 0.15) is 0 Å². The smallest absolute Gasteiger partial charge is 0.748 e. The minimum atomic E-state index is -4.08. The Morgan fingerprint density at radius 1 is 1.24 bits per heavy atom. The van der Waals surface area contributed by atoms with Crippen molar-refractivity contribution in [2.45, 2.75) is 32.6 Å². The van der Waals surface area contributed by atoms with Crippen LogP contribution in [0.2, 0.25) is 0 Å². The molecule has 0 amide bonds. The summed E-state index contributed by atoms with van der Waals surface area (Å²) >= 11 is 0. The molecule has 0 aliphatic carbocycles. The van der Waals surface area contributed by atoms with Gasteiger partial charge in [0.25, 0.3) is 0 Å². The Bertz CT molecular complexity index is 441. The zero-order chi connectivity index (χ0) is 12.2. The topological polar surface area (TPSA) is 57.2 Å². The van der Waals surface area contributed by atoms with Crippen LogP contribution in [0.1, 0.15) is 37.3 Å². The predicted molar refractivity (Wildman–Crippen MR) is 63.4 cm³/mol. The standard InChI is InChI=1S/C12H18O3S.Na/c1-10(2)12-8-4-3-6-11(12)7-5-9-16(13,14)15;/h3-4,6,8,10H,5,7,9H2,1-2H3,(H,13,14,15);/q;+1/p-1. The second kappa shape index (κ2) is 7.54. The second-order valence-corrected chi connectivity index (χ2v) is 5.74. The summed E-state index contributed by atoms with van der Waals surface area (Å²) in [5, 5.41) is 0. The molecule has 0 fully saturated rings. The first kappa shape index (κ1) is 17.1. The summed E-state index contributed by atoms with van der Waals surface area (Å²) in [6.45, 7) is 4.20. The summed E-state index contributed by atoms with van der Waals surface area (Å²) < 4.78 is 31.5. The number of hydrogen-bond acceptors (Lipinski definition) is 3. The van der Waals surface area contributed by atoms with Gasteiger partial charge in [-0.3, -0.25) is 0 Å². The van der Waals surface area contributed by atoms with Crippen LogP contribution < -0.4 is 29.6 Å². The molecule has 0 saturated heterocycles. The van der Waals surface area contributed by atoms with Crippen molar-refractivity contribution in [1.82, 2.24) is 0 Å². The Morgan fingerprint density at radius 2 is 1.82 bits per heavy atom. The first-order valence-electron chi connectivity index (χ1n) is 5.41. The van der Waals surface area contributed by atoms with Gasteiger partial charge in [0.15, 0.2) is 0 Å². The van der Waals surface area contributed by atoms with Gasteiger partial charge in [0.05, 0.1) is 10.1 Å². The van der Waals surface area contributed by atoms with Crippen LogP contribution in [0.4, 0.5) is 0 Å². The van der Waals surface area contributed by atoms with Gasteiger partial charge < -0.3 is 4.55 Å². The van der Waals surface area contributed by atoms with Crippen LogP contribution in [0.15, 0.2) is 24.3 Å². The quantitative estimate of drug-likeness (QED) is 0.521. The van der Waals surface area contributed by atoms with Gasteiger partial charge in [-0.05, 0) is 29.9 Å². The minimum absolute atomic E-state index is 0. The van der Waals surface area contributed by atoms with Crippen molar-refractivity contribution in [3.05, 3.63) is 35.4 Å². The zero-order valence-corrected chi connectivity index (χ0v) is 13.5. The average molecular weight is 264 g/mol. The van der Waals surface area contributed by atoms with Gasteiger partial charge in [-0.15, -0.1) is 0 Å². The fourth-order valence-corrected chi connectivity index (χ4v) is 2.26. The molecule has 1 aromatic carbocycles. The van der Waals surface area contributed by atoms with Crippen molar-refractivity contribution in [2.75, 3.05) is 5.75 Å². The van der Waals surface area contributed by atoms with E-state index in [1.54, 1.807) is 0 Å². The maximum absolute atomic E-state index is 10.5. The van der Waals surface area contributed by atoms with Crippen LogP contribution in [0.3, 0.4) is 0 Å². The molecular formula is C12H17NaO3S. The van der Waals surface area contributed by atoms with Crippen molar-refractivity contribution in [2.24, 2.45) is 0 Å². The summed E-state index contributed by atoms with van der Waals surface area (Å²) in [6, 6.07) is 7.95. The van der Waals surface area contributed by atoms with Crippen molar-refractivity contribution in [1.29, 1.82) is 0 Å². The van der Waals surface area contributed by atoms with Crippen LogP contribution in [0.25, 0.3) is 0 Å². The molecule has 1 rings (SSSR count). The molecular weight excluding hydrogens is 247 g/mol. The molecule has 1 aromatic rings. The van der Waals surface area contributed by atoms with Crippen LogP contribution in [0, 0.1) is 0 Å². The first-order chi connectivity index (χ1) is 7.40. The Balaban J connectivity index is 0.00000256. The van der Waals surface area contributed by atoms with E-state index in [1.165, 1.54) is 5.56 Å². The fraction of sp³-hybridized carbons (Fsp3) is 0.500. The van der Waals surface area contributed by atoms with Gasteiger partial charge in [-0.2, -0.15) is 0 Å². The molecule has 0 radical (unpaired) electrons. The van der Waals surface area contributed by atoms with Gasteiger partial charge in [0.2, 0.25) is 0 Å². The van der Waals surface area contributed by atoms with E-state index in [4.69, 9.17) is 0 Å². The van der Waals surface area contributed by atoms with Crippen LogP contribution in [0.5, 0.6) is 0 Å². The molecule has 0 aliphatic heterocycles. The van der Waals surface area contributed by atoms with Gasteiger partial charge >= 0.3 is 29.6 Å². The Morgan fingerprint density at radius 3 is 2.35 bits per heavy atom. The molecule has 5 heteroatoms. The Labute approximate surface area is 126 Å². The van der Waals surface area contributed by atoms with Gasteiger partial charge in [0, 0.05) is 5.75 Å². The third kappa shape index (κ3) is 6.58. The first-order valence-corrected chi connectivity index (χ1v) is 6.99. The number of aryl methyl sites for hydroxylation is 1. The average Bonchev–Trinajstić information content (AvgIpc) is 2.16. The zero-order valence-electron chi connectivity index (χ0n) is 10.6. The van der Waals surface area contributed by atoms with Crippen molar-refractivity contribution < 1.29 is 42.5 Å². The van der Waals surface area contributed by atoms with Gasteiger partial charge in [-0.25, -0.2) is 8.42 Å². The maximum atomic E-state index is 10.5. The van der Waals surface area contributed by atoms with Crippen LogP contribution in [-0.2, 0) is 16.5 Å².